The molecule has 1 saturated heterocycles. The van der Waals surface area contributed by atoms with Crippen LogP contribution in [-0.4, -0.2) is 16.6 Å². The van der Waals surface area contributed by atoms with Crippen molar-refractivity contribution in [2.24, 2.45) is 5.92 Å². The van der Waals surface area contributed by atoms with Crippen molar-refractivity contribution in [1.82, 2.24) is 0 Å². The van der Waals surface area contributed by atoms with E-state index in [4.69, 9.17) is 0 Å². The average molecular weight is 262 g/mol. The molecule has 1 aromatic rings. The first-order chi connectivity index (χ1) is 8.83. The normalized spacial score (nSPS) is 21.8. The summed E-state index contributed by atoms with van der Waals surface area (Å²) in [5.74, 6) is 3.29. The Morgan fingerprint density at radius 2 is 1.94 bits per heavy atom. The Balaban J connectivity index is 1.66. The second kappa shape index (κ2) is 5.66. The third kappa shape index (κ3) is 2.75. The van der Waals surface area contributed by atoms with Gasteiger partial charge >= 0.3 is 0 Å². The van der Waals surface area contributed by atoms with Crippen LogP contribution in [0.25, 0.3) is 0 Å². The Bertz CT molecular complexity index is 410. The van der Waals surface area contributed by atoms with Gasteiger partial charge in [0.25, 0.3) is 0 Å². The number of aliphatic hydroxyl groups is 1. The van der Waals surface area contributed by atoms with E-state index in [1.165, 1.54) is 54.7 Å². The van der Waals surface area contributed by atoms with Gasteiger partial charge in [-0.2, -0.15) is 11.8 Å². The summed E-state index contributed by atoms with van der Waals surface area (Å²) in [6.07, 6.45) is 7.00. The number of rotatable bonds is 3. The Hall–Kier alpha value is -0.470. The van der Waals surface area contributed by atoms with E-state index < -0.39 is 0 Å². The lowest BCUT2D eigenvalue weighted by Crippen LogP contribution is -2.13. The summed E-state index contributed by atoms with van der Waals surface area (Å²) in [7, 11) is 0. The summed E-state index contributed by atoms with van der Waals surface area (Å²) in [4.78, 5) is 0. The van der Waals surface area contributed by atoms with Crippen LogP contribution in [-0.2, 0) is 12.8 Å². The molecule has 1 N–H and O–H groups in total. The van der Waals surface area contributed by atoms with Crippen molar-refractivity contribution < 1.29 is 5.11 Å². The molecule has 98 valence electrons. The second-order valence-electron chi connectivity index (χ2n) is 5.69. The van der Waals surface area contributed by atoms with E-state index in [-0.39, 0.29) is 6.10 Å². The van der Waals surface area contributed by atoms with Crippen LogP contribution in [0.2, 0.25) is 0 Å². The first-order valence-corrected chi connectivity index (χ1v) is 8.36. The number of fused-ring (bicyclic) bond motifs is 1. The predicted molar refractivity (Wildman–Crippen MR) is 78.1 cm³/mol. The van der Waals surface area contributed by atoms with Gasteiger partial charge in [0, 0.05) is 0 Å². The van der Waals surface area contributed by atoms with Crippen molar-refractivity contribution in [3.05, 3.63) is 34.9 Å². The van der Waals surface area contributed by atoms with Crippen molar-refractivity contribution in [1.29, 1.82) is 0 Å². The lowest BCUT2D eigenvalue weighted by atomic mass is 9.91. The van der Waals surface area contributed by atoms with Crippen molar-refractivity contribution in [2.45, 2.75) is 44.6 Å². The Morgan fingerprint density at radius 1 is 1.17 bits per heavy atom. The molecular weight excluding hydrogens is 240 g/mol. The first kappa shape index (κ1) is 12.6. The molecule has 0 amide bonds. The summed E-state index contributed by atoms with van der Waals surface area (Å²) < 4.78 is 0. The molecule has 1 aliphatic carbocycles. The van der Waals surface area contributed by atoms with E-state index in [2.05, 4.69) is 30.0 Å². The molecule has 2 aliphatic rings. The summed E-state index contributed by atoms with van der Waals surface area (Å²) in [6.45, 7) is 0. The number of benzene rings is 1. The van der Waals surface area contributed by atoms with Gasteiger partial charge in [-0.05, 0) is 72.6 Å². The van der Waals surface area contributed by atoms with Crippen LogP contribution in [0.1, 0.15) is 48.5 Å². The molecule has 0 bridgehead atoms. The number of aryl methyl sites for hydroxylation is 2. The van der Waals surface area contributed by atoms with E-state index >= 15 is 0 Å². The van der Waals surface area contributed by atoms with Gasteiger partial charge in [-0.3, -0.25) is 0 Å². The largest absolute Gasteiger partial charge is 0.388 e. The zero-order valence-electron chi connectivity index (χ0n) is 10.9. The number of thioether (sulfide) groups is 1. The van der Waals surface area contributed by atoms with Crippen molar-refractivity contribution in [2.75, 3.05) is 11.5 Å². The first-order valence-electron chi connectivity index (χ1n) is 7.20. The third-order valence-corrected chi connectivity index (χ3v) is 5.45. The zero-order chi connectivity index (χ0) is 12.4. The lowest BCUT2D eigenvalue weighted by Gasteiger charge is -2.24. The van der Waals surface area contributed by atoms with Gasteiger partial charge in [-0.25, -0.2) is 0 Å². The smallest absolute Gasteiger partial charge is 0.0792 e. The number of aliphatic hydroxyl groups excluding tert-OH is 1. The highest BCUT2D eigenvalue weighted by Crippen LogP contribution is 2.32. The Kier molecular flexibility index (Phi) is 3.95. The molecule has 1 aromatic carbocycles. The summed E-state index contributed by atoms with van der Waals surface area (Å²) in [5.41, 5.74) is 4.12. The molecule has 0 aromatic heterocycles. The predicted octanol–water partition coefficient (Wildman–Crippen LogP) is 3.74. The van der Waals surface area contributed by atoms with Crippen LogP contribution in [0.4, 0.5) is 0 Å². The van der Waals surface area contributed by atoms with Gasteiger partial charge in [0.2, 0.25) is 0 Å². The minimum Gasteiger partial charge on any atom is -0.388 e. The summed E-state index contributed by atoms with van der Waals surface area (Å²) >= 11 is 2.06. The summed E-state index contributed by atoms with van der Waals surface area (Å²) in [6, 6.07) is 6.63. The fourth-order valence-electron chi connectivity index (χ4n) is 3.23. The van der Waals surface area contributed by atoms with Crippen LogP contribution in [0.5, 0.6) is 0 Å². The van der Waals surface area contributed by atoms with Gasteiger partial charge < -0.3 is 5.11 Å². The van der Waals surface area contributed by atoms with Gasteiger partial charge in [0.05, 0.1) is 6.10 Å². The number of hydrogen-bond acceptors (Lipinski definition) is 2. The maximum Gasteiger partial charge on any atom is 0.0792 e. The molecule has 1 heterocycles. The van der Waals surface area contributed by atoms with E-state index in [1.807, 2.05) is 0 Å². The highest BCUT2D eigenvalue weighted by molar-refractivity contribution is 7.99. The molecule has 1 atom stereocenters. The van der Waals surface area contributed by atoms with Crippen LogP contribution < -0.4 is 0 Å². The van der Waals surface area contributed by atoms with Gasteiger partial charge in [-0.1, -0.05) is 18.2 Å². The van der Waals surface area contributed by atoms with Crippen LogP contribution in [0.3, 0.4) is 0 Å². The van der Waals surface area contributed by atoms with Crippen molar-refractivity contribution in [3.63, 3.8) is 0 Å². The van der Waals surface area contributed by atoms with Gasteiger partial charge in [0.1, 0.15) is 0 Å². The van der Waals surface area contributed by atoms with E-state index in [0.717, 1.165) is 17.9 Å². The fourth-order valence-corrected chi connectivity index (χ4v) is 4.44. The molecule has 1 nitrogen and oxygen atoms in total. The highest BCUT2D eigenvalue weighted by Gasteiger charge is 2.20. The van der Waals surface area contributed by atoms with Crippen LogP contribution in [0, 0.1) is 5.92 Å². The molecule has 0 spiro atoms. The third-order valence-electron chi connectivity index (χ3n) is 4.40. The number of hydrogen-bond donors (Lipinski definition) is 1. The monoisotopic (exact) mass is 262 g/mol. The Morgan fingerprint density at radius 3 is 2.78 bits per heavy atom. The van der Waals surface area contributed by atoms with Crippen molar-refractivity contribution in [3.8, 4) is 0 Å². The molecule has 2 heteroatoms. The lowest BCUT2D eigenvalue weighted by molar-refractivity contribution is 0.141. The molecule has 3 rings (SSSR count). The molecule has 0 saturated carbocycles. The van der Waals surface area contributed by atoms with Crippen LogP contribution in [0.15, 0.2) is 18.2 Å². The summed E-state index contributed by atoms with van der Waals surface area (Å²) in [5, 5.41) is 10.4. The van der Waals surface area contributed by atoms with Crippen LogP contribution >= 0.6 is 11.8 Å². The van der Waals surface area contributed by atoms with E-state index in [1.54, 1.807) is 0 Å². The minimum atomic E-state index is -0.246. The SMILES string of the molecule is OC(CC1CCSCC1)c1ccc2c(c1)CCC2. The van der Waals surface area contributed by atoms with Gasteiger partial charge in [-0.15, -0.1) is 0 Å². The average Bonchev–Trinajstić information content (AvgIpc) is 2.87. The minimum absolute atomic E-state index is 0.246. The van der Waals surface area contributed by atoms with E-state index in [0.29, 0.717) is 0 Å². The molecule has 0 radical (unpaired) electrons. The maximum atomic E-state index is 10.4. The topological polar surface area (TPSA) is 20.2 Å². The second-order valence-corrected chi connectivity index (χ2v) is 6.91. The fraction of sp³-hybridized carbons (Fsp3) is 0.625. The highest BCUT2D eigenvalue weighted by atomic mass is 32.2. The standard InChI is InChI=1S/C16H22OS/c17-16(10-12-6-8-18-9-7-12)15-5-4-13-2-1-3-14(13)11-15/h4-5,11-12,16-17H,1-3,6-10H2. The molecule has 18 heavy (non-hydrogen) atoms. The molecule has 1 unspecified atom stereocenters. The Labute approximate surface area is 114 Å². The maximum absolute atomic E-state index is 10.4. The van der Waals surface area contributed by atoms with Gasteiger partial charge in [0.15, 0.2) is 0 Å². The molecular formula is C16H22OS. The molecule has 1 fully saturated rings. The zero-order valence-corrected chi connectivity index (χ0v) is 11.7. The van der Waals surface area contributed by atoms with E-state index in [9.17, 15) is 5.11 Å². The molecule has 1 aliphatic heterocycles. The quantitative estimate of drug-likeness (QED) is 0.895. The van der Waals surface area contributed by atoms with Crippen molar-refractivity contribution >= 4 is 11.8 Å².